The zero-order valence-corrected chi connectivity index (χ0v) is 20.3. The van der Waals surface area contributed by atoms with E-state index in [0.717, 1.165) is 49.4 Å². The number of rotatable bonds is 8. The van der Waals surface area contributed by atoms with Crippen molar-refractivity contribution in [2.24, 2.45) is 5.92 Å². The van der Waals surface area contributed by atoms with Gasteiger partial charge in [-0.2, -0.15) is 5.06 Å². The predicted molar refractivity (Wildman–Crippen MR) is 132 cm³/mol. The first kappa shape index (κ1) is 25.2. The van der Waals surface area contributed by atoms with Crippen LogP contribution < -0.4 is 15.8 Å². The minimum absolute atomic E-state index is 0. The zero-order valence-electron chi connectivity index (χ0n) is 19.5. The number of amides is 2. The van der Waals surface area contributed by atoms with Gasteiger partial charge in [-0.1, -0.05) is 6.07 Å². The third-order valence-corrected chi connectivity index (χ3v) is 6.75. The molecule has 2 saturated heterocycles. The van der Waals surface area contributed by atoms with Gasteiger partial charge in [-0.15, -0.1) is 12.4 Å². The van der Waals surface area contributed by atoms with Crippen LogP contribution in [0.5, 0.6) is 11.5 Å². The molecule has 0 unspecified atom stereocenters. The SMILES string of the molecule is Cl.Nc1nc(-c2c(O)cccc2OCC2CC2)cc(C2CCNCC2)c1CON1C(=O)CCC1=O. The molecule has 0 atom stereocenters. The van der Waals surface area contributed by atoms with E-state index in [4.69, 9.17) is 15.3 Å². The molecular weight excluding hydrogens is 472 g/mol. The average molecular weight is 503 g/mol. The predicted octanol–water partition coefficient (Wildman–Crippen LogP) is 3.29. The second-order valence-electron chi connectivity index (χ2n) is 9.24. The van der Waals surface area contributed by atoms with E-state index in [-0.39, 0.29) is 61.2 Å². The third kappa shape index (κ3) is 5.52. The minimum Gasteiger partial charge on any atom is -0.507 e. The number of carbonyl (C=O) groups is 2. The maximum absolute atomic E-state index is 12.0. The summed E-state index contributed by atoms with van der Waals surface area (Å²) in [6.07, 6.45) is 4.45. The summed E-state index contributed by atoms with van der Waals surface area (Å²) in [5.41, 5.74) is 9.11. The Bertz CT molecular complexity index is 1090. The van der Waals surface area contributed by atoms with Crippen LogP contribution in [-0.4, -0.2) is 46.7 Å². The van der Waals surface area contributed by atoms with Crippen LogP contribution in [0.3, 0.4) is 0 Å². The number of nitrogens with one attached hydrogen (secondary N) is 1. The topological polar surface area (TPSA) is 127 Å². The molecule has 9 nitrogen and oxygen atoms in total. The molecule has 1 aromatic heterocycles. The number of halogens is 1. The molecule has 3 aliphatic rings. The van der Waals surface area contributed by atoms with E-state index in [1.807, 2.05) is 12.1 Å². The van der Waals surface area contributed by atoms with Crippen LogP contribution in [0, 0.1) is 5.92 Å². The van der Waals surface area contributed by atoms with Gasteiger partial charge >= 0.3 is 0 Å². The molecule has 1 aromatic carbocycles. The van der Waals surface area contributed by atoms with Crippen molar-refractivity contribution in [2.75, 3.05) is 25.4 Å². The van der Waals surface area contributed by atoms with E-state index in [2.05, 4.69) is 10.3 Å². The normalized spacial score (nSPS) is 18.6. The first-order valence-electron chi connectivity index (χ1n) is 11.9. The van der Waals surface area contributed by atoms with E-state index in [0.29, 0.717) is 35.1 Å². The van der Waals surface area contributed by atoms with Gasteiger partial charge < -0.3 is 20.9 Å². The number of phenolic OH excluding ortho intramolecular Hbond substituents is 1. The van der Waals surface area contributed by atoms with Crippen LogP contribution >= 0.6 is 12.4 Å². The smallest absolute Gasteiger partial charge is 0.254 e. The molecule has 5 rings (SSSR count). The molecule has 1 saturated carbocycles. The van der Waals surface area contributed by atoms with Gasteiger partial charge in [0.2, 0.25) is 0 Å². The maximum atomic E-state index is 12.0. The largest absolute Gasteiger partial charge is 0.507 e. The maximum Gasteiger partial charge on any atom is 0.254 e. The van der Waals surface area contributed by atoms with Gasteiger partial charge in [0.05, 0.1) is 17.9 Å². The monoisotopic (exact) mass is 502 g/mol. The number of imide groups is 1. The number of aromatic hydroxyl groups is 1. The fraction of sp³-hybridized carbons (Fsp3) is 0.480. The summed E-state index contributed by atoms with van der Waals surface area (Å²) in [5, 5.41) is 14.9. The molecule has 188 valence electrons. The van der Waals surface area contributed by atoms with Crippen LogP contribution in [0.25, 0.3) is 11.3 Å². The van der Waals surface area contributed by atoms with Crippen molar-refractivity contribution in [3.63, 3.8) is 0 Å². The van der Waals surface area contributed by atoms with Crippen LogP contribution in [0.4, 0.5) is 5.82 Å². The summed E-state index contributed by atoms with van der Waals surface area (Å²) in [6.45, 7) is 2.33. The van der Waals surface area contributed by atoms with Crippen molar-refractivity contribution in [1.29, 1.82) is 0 Å². The van der Waals surface area contributed by atoms with Gasteiger partial charge in [0.15, 0.2) is 0 Å². The highest BCUT2D eigenvalue weighted by Crippen LogP contribution is 2.41. The van der Waals surface area contributed by atoms with Crippen molar-refractivity contribution in [2.45, 2.75) is 51.0 Å². The van der Waals surface area contributed by atoms with Crippen molar-refractivity contribution in [1.82, 2.24) is 15.4 Å². The summed E-state index contributed by atoms with van der Waals surface area (Å²) in [4.78, 5) is 34.2. The number of aromatic nitrogens is 1. The average Bonchev–Trinajstić information content (AvgIpc) is 3.61. The Kier molecular flexibility index (Phi) is 7.78. The van der Waals surface area contributed by atoms with Crippen LogP contribution in [-0.2, 0) is 21.0 Å². The Morgan fingerprint density at radius 3 is 2.51 bits per heavy atom. The second-order valence-corrected chi connectivity index (χ2v) is 9.24. The highest BCUT2D eigenvalue weighted by Gasteiger charge is 2.31. The number of hydroxylamine groups is 2. The number of anilines is 1. The van der Waals surface area contributed by atoms with E-state index in [9.17, 15) is 14.7 Å². The number of hydrogen-bond donors (Lipinski definition) is 3. The number of piperidine rings is 1. The van der Waals surface area contributed by atoms with Gasteiger partial charge in [-0.05, 0) is 74.4 Å². The Labute approximate surface area is 210 Å². The molecule has 10 heteroatoms. The van der Waals surface area contributed by atoms with Gasteiger partial charge in [-0.3, -0.25) is 14.4 Å². The number of hydrogen-bond acceptors (Lipinski definition) is 8. The number of carbonyl (C=O) groups excluding carboxylic acids is 2. The number of nitrogens with two attached hydrogens (primary N) is 1. The summed E-state index contributed by atoms with van der Waals surface area (Å²) < 4.78 is 6.03. The molecule has 3 fully saturated rings. The summed E-state index contributed by atoms with van der Waals surface area (Å²) >= 11 is 0. The van der Waals surface area contributed by atoms with E-state index in [1.54, 1.807) is 12.1 Å². The quantitative estimate of drug-likeness (QED) is 0.469. The molecule has 0 bridgehead atoms. The molecule has 2 aromatic rings. The number of benzene rings is 1. The Hall–Kier alpha value is -2.88. The lowest BCUT2D eigenvalue weighted by molar-refractivity contribution is -0.191. The number of ether oxygens (including phenoxy) is 1. The fourth-order valence-electron chi connectivity index (χ4n) is 4.61. The second kappa shape index (κ2) is 10.8. The molecule has 0 spiro atoms. The molecule has 2 amide bonds. The molecule has 1 aliphatic carbocycles. The lowest BCUT2D eigenvalue weighted by atomic mass is 9.86. The lowest BCUT2D eigenvalue weighted by Gasteiger charge is -2.27. The number of nitrogen functional groups attached to an aromatic ring is 1. The minimum atomic E-state index is -0.344. The first-order chi connectivity index (χ1) is 16.5. The summed E-state index contributed by atoms with van der Waals surface area (Å²) in [7, 11) is 0. The van der Waals surface area contributed by atoms with Gasteiger partial charge in [0.25, 0.3) is 11.8 Å². The third-order valence-electron chi connectivity index (χ3n) is 6.75. The highest BCUT2D eigenvalue weighted by atomic mass is 35.5. The molecule has 3 heterocycles. The van der Waals surface area contributed by atoms with E-state index >= 15 is 0 Å². The molecule has 4 N–H and O–H groups in total. The zero-order chi connectivity index (χ0) is 23.7. The fourth-order valence-corrected chi connectivity index (χ4v) is 4.61. The summed E-state index contributed by atoms with van der Waals surface area (Å²) in [6, 6.07) is 7.15. The standard InChI is InChI=1S/C25H30N4O5.ClH/c26-25-18(14-34-29-22(31)6-7-23(29)32)17(16-8-10-27-11-9-16)12-19(28-25)24-20(30)2-1-3-21(24)33-13-15-4-5-15;/h1-3,12,15-16,27,30H,4-11,13-14H2,(H2,26,28);1H. The lowest BCUT2D eigenvalue weighted by Crippen LogP contribution is -2.30. The Balaban J connectivity index is 0.00000289. The number of phenols is 1. The Morgan fingerprint density at radius 1 is 1.11 bits per heavy atom. The van der Waals surface area contributed by atoms with Crippen molar-refractivity contribution >= 4 is 30.0 Å². The number of nitrogens with zero attached hydrogens (tertiary/aromatic N) is 2. The molecule has 2 aliphatic heterocycles. The Morgan fingerprint density at radius 2 is 1.83 bits per heavy atom. The highest BCUT2D eigenvalue weighted by molar-refractivity contribution is 6.00. The van der Waals surface area contributed by atoms with Crippen LogP contribution in [0.1, 0.15) is 55.6 Å². The first-order valence-corrected chi connectivity index (χ1v) is 11.9. The number of pyridine rings is 1. The summed E-state index contributed by atoms with van der Waals surface area (Å²) in [5.74, 6) is 0.985. The van der Waals surface area contributed by atoms with Crippen molar-refractivity contribution in [3.8, 4) is 22.8 Å². The molecular formula is C25H31ClN4O5. The van der Waals surface area contributed by atoms with E-state index < -0.39 is 0 Å². The van der Waals surface area contributed by atoms with E-state index in [1.165, 1.54) is 0 Å². The van der Waals surface area contributed by atoms with Gasteiger partial charge in [0, 0.05) is 18.4 Å². The van der Waals surface area contributed by atoms with Crippen molar-refractivity contribution < 1.29 is 24.3 Å². The van der Waals surface area contributed by atoms with Gasteiger partial charge in [-0.25, -0.2) is 4.98 Å². The molecule has 0 radical (unpaired) electrons. The van der Waals surface area contributed by atoms with Crippen molar-refractivity contribution in [3.05, 3.63) is 35.4 Å². The van der Waals surface area contributed by atoms with Crippen LogP contribution in [0.15, 0.2) is 24.3 Å². The van der Waals surface area contributed by atoms with Crippen LogP contribution in [0.2, 0.25) is 0 Å². The van der Waals surface area contributed by atoms with Gasteiger partial charge in [0.1, 0.15) is 23.9 Å². The molecule has 35 heavy (non-hydrogen) atoms.